The molecule has 1 aromatic heterocycles. The second-order valence-electron chi connectivity index (χ2n) is 5.51. The number of anilines is 1. The minimum atomic E-state index is -0.0209. The van der Waals surface area contributed by atoms with Gasteiger partial charge >= 0.3 is 0 Å². The van der Waals surface area contributed by atoms with Crippen molar-refractivity contribution in [1.82, 2.24) is 4.98 Å². The van der Waals surface area contributed by atoms with Crippen LogP contribution in [0.25, 0.3) is 0 Å². The van der Waals surface area contributed by atoms with Gasteiger partial charge in [0.1, 0.15) is 5.69 Å². The average molecular weight is 284 g/mol. The first-order valence-electron chi connectivity index (χ1n) is 7.53. The van der Waals surface area contributed by atoms with Gasteiger partial charge in [0.2, 0.25) is 11.7 Å². The van der Waals surface area contributed by atoms with E-state index in [-0.39, 0.29) is 11.7 Å². The van der Waals surface area contributed by atoms with Gasteiger partial charge in [0.25, 0.3) is 5.89 Å². The average Bonchev–Trinajstić information content (AvgIpc) is 3.15. The molecule has 110 valence electrons. The molecule has 1 saturated heterocycles. The van der Waals surface area contributed by atoms with Crippen molar-refractivity contribution in [3.8, 4) is 0 Å². The van der Waals surface area contributed by atoms with E-state index in [0.29, 0.717) is 6.42 Å². The summed E-state index contributed by atoms with van der Waals surface area (Å²) in [6.45, 7) is 3.90. The maximum absolute atomic E-state index is 12.2. The highest BCUT2D eigenvalue weighted by Crippen LogP contribution is 2.25. The van der Waals surface area contributed by atoms with E-state index in [1.807, 2.05) is 37.3 Å². The van der Waals surface area contributed by atoms with Crippen LogP contribution >= 0.6 is 0 Å². The fraction of sp³-hybridized carbons (Fsp3) is 0.412. The number of nitrogens with zero attached hydrogens (tertiary/aromatic N) is 2. The number of ketones is 1. The molecule has 0 spiro atoms. The number of aromatic nitrogens is 1. The van der Waals surface area contributed by atoms with Crippen LogP contribution in [0.1, 0.15) is 41.2 Å². The quantitative estimate of drug-likeness (QED) is 0.789. The zero-order valence-electron chi connectivity index (χ0n) is 12.3. The first-order valence-corrected chi connectivity index (χ1v) is 7.53. The highest BCUT2D eigenvalue weighted by atomic mass is 16.4. The second-order valence-corrected chi connectivity index (χ2v) is 5.51. The van der Waals surface area contributed by atoms with Gasteiger partial charge in [0.15, 0.2) is 0 Å². The van der Waals surface area contributed by atoms with Crippen LogP contribution in [0.2, 0.25) is 0 Å². The molecule has 0 bridgehead atoms. The maximum atomic E-state index is 12.2. The monoisotopic (exact) mass is 284 g/mol. The van der Waals surface area contributed by atoms with Gasteiger partial charge in [-0.05, 0) is 31.7 Å². The molecule has 3 rings (SSSR count). The first kappa shape index (κ1) is 13.9. The van der Waals surface area contributed by atoms with E-state index in [1.165, 1.54) is 12.8 Å². The Kier molecular flexibility index (Phi) is 4.04. The van der Waals surface area contributed by atoms with E-state index in [0.717, 1.165) is 36.7 Å². The fourth-order valence-corrected chi connectivity index (χ4v) is 2.73. The van der Waals surface area contributed by atoms with Crippen LogP contribution in [0.3, 0.4) is 0 Å². The predicted octanol–water partition coefficient (Wildman–Crippen LogP) is 3.40. The molecule has 0 radical (unpaired) electrons. The molecule has 4 nitrogen and oxygen atoms in total. The first-order chi connectivity index (χ1) is 10.2. The van der Waals surface area contributed by atoms with Crippen LogP contribution in [-0.4, -0.2) is 23.9 Å². The Morgan fingerprint density at radius 2 is 1.95 bits per heavy atom. The van der Waals surface area contributed by atoms with Crippen molar-refractivity contribution in [3.05, 3.63) is 47.5 Å². The lowest BCUT2D eigenvalue weighted by atomic mass is 10.1. The van der Waals surface area contributed by atoms with Crippen LogP contribution in [0.5, 0.6) is 0 Å². The third-order valence-corrected chi connectivity index (χ3v) is 3.89. The molecule has 1 aromatic carbocycles. The summed E-state index contributed by atoms with van der Waals surface area (Å²) in [4.78, 5) is 18.7. The van der Waals surface area contributed by atoms with Gasteiger partial charge in [-0.2, -0.15) is 0 Å². The lowest BCUT2D eigenvalue weighted by molar-refractivity contribution is 0.0950. The van der Waals surface area contributed by atoms with E-state index in [2.05, 4.69) is 9.88 Å². The number of carbonyl (C=O) groups is 1. The molecule has 1 fully saturated rings. The molecule has 0 aliphatic carbocycles. The molecule has 2 aromatic rings. The Balaban J connectivity index is 1.66. The lowest BCUT2D eigenvalue weighted by Gasteiger charge is -2.13. The summed E-state index contributed by atoms with van der Waals surface area (Å²) in [7, 11) is 0. The van der Waals surface area contributed by atoms with Crippen LogP contribution < -0.4 is 4.90 Å². The number of hydrogen-bond donors (Lipinski definition) is 0. The van der Waals surface area contributed by atoms with Crippen LogP contribution in [-0.2, 0) is 6.42 Å². The largest absolute Gasteiger partial charge is 0.417 e. The lowest BCUT2D eigenvalue weighted by Crippen LogP contribution is -2.17. The molecular formula is C17H20N2O2. The molecule has 4 heteroatoms. The summed E-state index contributed by atoms with van der Waals surface area (Å²) in [5.74, 6) is 1.01. The van der Waals surface area contributed by atoms with Crippen molar-refractivity contribution in [2.75, 3.05) is 18.0 Å². The Hall–Kier alpha value is -2.10. The number of carbonyl (C=O) groups excluding carboxylic acids is 1. The Morgan fingerprint density at radius 1 is 1.24 bits per heavy atom. The molecule has 0 amide bonds. The molecule has 1 aliphatic heterocycles. The van der Waals surface area contributed by atoms with Gasteiger partial charge in [0.05, 0.1) is 0 Å². The summed E-state index contributed by atoms with van der Waals surface area (Å²) in [5, 5.41) is 0. The van der Waals surface area contributed by atoms with Crippen molar-refractivity contribution >= 4 is 11.7 Å². The van der Waals surface area contributed by atoms with Crippen LogP contribution in [0.4, 0.5) is 5.88 Å². The fourth-order valence-electron chi connectivity index (χ4n) is 2.73. The maximum Gasteiger partial charge on any atom is 0.265 e. The molecule has 0 saturated carbocycles. The zero-order valence-corrected chi connectivity index (χ0v) is 12.3. The molecule has 21 heavy (non-hydrogen) atoms. The third-order valence-electron chi connectivity index (χ3n) is 3.89. The summed E-state index contributed by atoms with van der Waals surface area (Å²) in [5.41, 5.74) is 1.98. The third kappa shape index (κ3) is 3.15. The minimum absolute atomic E-state index is 0.0209. The van der Waals surface area contributed by atoms with Gasteiger partial charge in [-0.25, -0.2) is 4.98 Å². The molecule has 0 atom stereocenters. The summed E-state index contributed by atoms with van der Waals surface area (Å²) in [6, 6.07) is 10.0. The van der Waals surface area contributed by atoms with E-state index in [4.69, 9.17) is 4.42 Å². The van der Waals surface area contributed by atoms with Gasteiger partial charge < -0.3 is 9.32 Å². The number of rotatable bonds is 5. The van der Waals surface area contributed by atoms with Crippen molar-refractivity contribution in [1.29, 1.82) is 0 Å². The summed E-state index contributed by atoms with van der Waals surface area (Å²) in [6.07, 6.45) is 3.51. The van der Waals surface area contributed by atoms with Gasteiger partial charge in [0, 0.05) is 19.5 Å². The minimum Gasteiger partial charge on any atom is -0.417 e. The highest BCUT2D eigenvalue weighted by Gasteiger charge is 2.22. The standard InChI is InChI=1S/C17H20N2O2/c1-13-17(19-11-5-6-12-19)21-16(18-13)15(20)10-9-14-7-3-2-4-8-14/h2-4,7-8H,5-6,9-12H2,1H3. The smallest absolute Gasteiger partial charge is 0.265 e. The van der Waals surface area contributed by atoms with E-state index >= 15 is 0 Å². The molecule has 0 N–H and O–H groups in total. The highest BCUT2D eigenvalue weighted by molar-refractivity contribution is 5.92. The summed E-state index contributed by atoms with van der Waals surface area (Å²) < 4.78 is 5.71. The van der Waals surface area contributed by atoms with E-state index in [9.17, 15) is 4.79 Å². The number of aryl methyl sites for hydroxylation is 2. The van der Waals surface area contributed by atoms with E-state index < -0.39 is 0 Å². The summed E-state index contributed by atoms with van der Waals surface area (Å²) >= 11 is 0. The Labute approximate surface area is 124 Å². The molecule has 0 unspecified atom stereocenters. The number of benzene rings is 1. The van der Waals surface area contributed by atoms with E-state index in [1.54, 1.807) is 0 Å². The molecule has 2 heterocycles. The van der Waals surface area contributed by atoms with Crippen molar-refractivity contribution in [2.45, 2.75) is 32.6 Å². The number of oxazole rings is 1. The zero-order chi connectivity index (χ0) is 14.7. The van der Waals surface area contributed by atoms with Gasteiger partial charge in [-0.15, -0.1) is 0 Å². The molecular weight excluding hydrogens is 264 g/mol. The Bertz CT molecular complexity index is 613. The van der Waals surface area contributed by atoms with Crippen molar-refractivity contribution < 1.29 is 9.21 Å². The van der Waals surface area contributed by atoms with Crippen LogP contribution in [0.15, 0.2) is 34.7 Å². The van der Waals surface area contributed by atoms with Crippen molar-refractivity contribution in [2.24, 2.45) is 0 Å². The number of Topliss-reactive ketones (excluding diaryl/α,β-unsaturated/α-hetero) is 1. The van der Waals surface area contributed by atoms with Gasteiger partial charge in [-0.3, -0.25) is 4.79 Å². The normalized spacial score (nSPS) is 14.6. The van der Waals surface area contributed by atoms with Gasteiger partial charge in [-0.1, -0.05) is 30.3 Å². The van der Waals surface area contributed by atoms with Crippen molar-refractivity contribution in [3.63, 3.8) is 0 Å². The topological polar surface area (TPSA) is 46.3 Å². The van der Waals surface area contributed by atoms with Crippen LogP contribution in [0, 0.1) is 6.92 Å². The Morgan fingerprint density at radius 3 is 2.67 bits per heavy atom. The number of hydrogen-bond acceptors (Lipinski definition) is 4. The second kappa shape index (κ2) is 6.12. The predicted molar refractivity (Wildman–Crippen MR) is 81.8 cm³/mol. The molecule has 1 aliphatic rings. The SMILES string of the molecule is Cc1nc(C(=O)CCc2ccccc2)oc1N1CCCC1.